The van der Waals surface area contributed by atoms with Crippen molar-refractivity contribution in [2.75, 3.05) is 0 Å². The van der Waals surface area contributed by atoms with E-state index in [0.29, 0.717) is 0 Å². The number of aryl methyl sites for hydroxylation is 1. The van der Waals surface area contributed by atoms with Crippen LogP contribution >= 0.6 is 27.3 Å². The molecule has 68 valence electrons. The Bertz CT molecular complexity index is 217. The molecule has 0 unspecified atom stereocenters. The molecule has 0 aliphatic carbocycles. The average Bonchev–Trinajstić information content (AvgIpc) is 2.46. The predicted molar refractivity (Wildman–Crippen MR) is 59.9 cm³/mol. The number of hydrogen-bond acceptors (Lipinski definition) is 1. The third-order valence-corrected chi connectivity index (χ3v) is 3.80. The third kappa shape index (κ3) is 3.28. The first-order valence-corrected chi connectivity index (χ1v) is 6.23. The normalized spacial score (nSPS) is 10.5. The van der Waals surface area contributed by atoms with Crippen LogP contribution in [0, 0.1) is 0 Å². The third-order valence-electron chi connectivity index (χ3n) is 1.99. The highest BCUT2D eigenvalue weighted by Gasteiger charge is 1.99. The van der Waals surface area contributed by atoms with Crippen LogP contribution in [0.4, 0.5) is 0 Å². The molecule has 0 atom stereocenters. The molecule has 0 fully saturated rings. The van der Waals surface area contributed by atoms with Crippen molar-refractivity contribution in [3.05, 3.63) is 20.8 Å². The molecular weight excluding hydrogens is 232 g/mol. The van der Waals surface area contributed by atoms with Gasteiger partial charge in [-0.1, -0.05) is 26.2 Å². The summed E-state index contributed by atoms with van der Waals surface area (Å²) in [6, 6.07) is 2.22. The number of halogens is 1. The monoisotopic (exact) mass is 246 g/mol. The van der Waals surface area contributed by atoms with Crippen molar-refractivity contribution < 1.29 is 0 Å². The lowest BCUT2D eigenvalue weighted by molar-refractivity contribution is 0.667. The quantitative estimate of drug-likeness (QED) is 0.665. The summed E-state index contributed by atoms with van der Waals surface area (Å²) in [5.41, 5.74) is 1.48. The van der Waals surface area contributed by atoms with Gasteiger partial charge >= 0.3 is 0 Å². The van der Waals surface area contributed by atoms with Crippen LogP contribution < -0.4 is 0 Å². The van der Waals surface area contributed by atoms with Crippen molar-refractivity contribution in [3.63, 3.8) is 0 Å². The summed E-state index contributed by atoms with van der Waals surface area (Å²) in [7, 11) is 0. The summed E-state index contributed by atoms with van der Waals surface area (Å²) in [5.74, 6) is 0. The maximum atomic E-state index is 3.55. The minimum absolute atomic E-state index is 1.24. The molecule has 0 radical (unpaired) electrons. The molecule has 2 heteroatoms. The second-order valence-electron chi connectivity index (χ2n) is 3.03. The molecule has 0 aromatic carbocycles. The first-order chi connectivity index (χ1) is 5.84. The zero-order valence-electron chi connectivity index (χ0n) is 7.48. The highest BCUT2D eigenvalue weighted by atomic mass is 79.9. The SMILES string of the molecule is CCCCCCc1ccsc1Br. The largest absolute Gasteiger partial charge is 0.137 e. The predicted octanol–water partition coefficient (Wildman–Crippen LogP) is 4.63. The molecule has 0 amide bonds. The minimum atomic E-state index is 1.24. The van der Waals surface area contributed by atoms with Crippen molar-refractivity contribution in [2.45, 2.75) is 39.0 Å². The summed E-state index contributed by atoms with van der Waals surface area (Å²) in [4.78, 5) is 0. The van der Waals surface area contributed by atoms with Crippen molar-refractivity contribution in [1.29, 1.82) is 0 Å². The Kier molecular flexibility index (Phi) is 4.93. The molecule has 0 aliphatic heterocycles. The summed E-state index contributed by atoms with van der Waals surface area (Å²) >= 11 is 5.34. The lowest BCUT2D eigenvalue weighted by Crippen LogP contribution is -1.83. The Hall–Kier alpha value is 0.180. The highest BCUT2D eigenvalue weighted by Crippen LogP contribution is 2.24. The second-order valence-corrected chi connectivity index (χ2v) is 5.26. The van der Waals surface area contributed by atoms with Crippen LogP contribution in [0.2, 0.25) is 0 Å². The lowest BCUT2D eigenvalue weighted by Gasteiger charge is -1.98. The van der Waals surface area contributed by atoms with Crippen LogP contribution in [0.3, 0.4) is 0 Å². The van der Waals surface area contributed by atoms with Gasteiger partial charge in [0.25, 0.3) is 0 Å². The van der Waals surface area contributed by atoms with Gasteiger partial charge in [0.2, 0.25) is 0 Å². The minimum Gasteiger partial charge on any atom is -0.137 e. The van der Waals surface area contributed by atoms with E-state index in [9.17, 15) is 0 Å². The summed E-state index contributed by atoms with van der Waals surface area (Å²) in [6.45, 7) is 2.25. The van der Waals surface area contributed by atoms with Crippen LogP contribution in [-0.2, 0) is 6.42 Å². The Morgan fingerprint density at radius 1 is 1.33 bits per heavy atom. The molecule has 0 aliphatic rings. The molecule has 1 heterocycles. The molecule has 0 spiro atoms. The van der Waals surface area contributed by atoms with Gasteiger partial charge in [-0.25, -0.2) is 0 Å². The van der Waals surface area contributed by atoms with Crippen molar-refractivity contribution in [3.8, 4) is 0 Å². The van der Waals surface area contributed by atoms with Crippen molar-refractivity contribution in [2.24, 2.45) is 0 Å². The van der Waals surface area contributed by atoms with Gasteiger partial charge < -0.3 is 0 Å². The van der Waals surface area contributed by atoms with E-state index < -0.39 is 0 Å². The number of thiophene rings is 1. The van der Waals surface area contributed by atoms with Crippen molar-refractivity contribution >= 4 is 27.3 Å². The summed E-state index contributed by atoms with van der Waals surface area (Å²) in [6.07, 6.45) is 6.65. The van der Waals surface area contributed by atoms with Gasteiger partial charge in [-0.15, -0.1) is 11.3 Å². The Labute approximate surface area is 87.1 Å². The average molecular weight is 247 g/mol. The van der Waals surface area contributed by atoms with E-state index in [2.05, 4.69) is 34.3 Å². The van der Waals surface area contributed by atoms with E-state index in [-0.39, 0.29) is 0 Å². The molecule has 12 heavy (non-hydrogen) atoms. The smallest absolute Gasteiger partial charge is 0.0730 e. The van der Waals surface area contributed by atoms with E-state index >= 15 is 0 Å². The van der Waals surface area contributed by atoms with Crippen LogP contribution in [0.5, 0.6) is 0 Å². The molecule has 1 aromatic heterocycles. The number of rotatable bonds is 5. The van der Waals surface area contributed by atoms with Gasteiger partial charge in [0.1, 0.15) is 0 Å². The zero-order chi connectivity index (χ0) is 8.81. The van der Waals surface area contributed by atoms with E-state index in [1.54, 1.807) is 11.3 Å². The maximum absolute atomic E-state index is 3.55. The maximum Gasteiger partial charge on any atom is 0.0730 e. The van der Waals surface area contributed by atoms with Gasteiger partial charge in [-0.3, -0.25) is 0 Å². The molecular formula is C10H15BrS. The molecule has 0 nitrogen and oxygen atoms in total. The Morgan fingerprint density at radius 3 is 2.75 bits per heavy atom. The summed E-state index contributed by atoms with van der Waals surface area (Å²) < 4.78 is 1.32. The van der Waals surface area contributed by atoms with E-state index in [0.717, 1.165) is 0 Å². The van der Waals surface area contributed by atoms with Gasteiger partial charge in [0, 0.05) is 0 Å². The van der Waals surface area contributed by atoms with Crippen LogP contribution in [0.15, 0.2) is 15.2 Å². The fourth-order valence-corrected chi connectivity index (χ4v) is 2.57. The zero-order valence-corrected chi connectivity index (χ0v) is 9.88. The fourth-order valence-electron chi connectivity index (χ4n) is 1.24. The first-order valence-electron chi connectivity index (χ1n) is 4.56. The molecule has 0 saturated carbocycles. The molecule has 0 bridgehead atoms. The Balaban J connectivity index is 2.20. The number of unbranched alkanes of at least 4 members (excludes halogenated alkanes) is 3. The van der Waals surface area contributed by atoms with E-state index in [4.69, 9.17) is 0 Å². The van der Waals surface area contributed by atoms with E-state index in [1.807, 2.05) is 0 Å². The Morgan fingerprint density at radius 2 is 2.17 bits per heavy atom. The highest BCUT2D eigenvalue weighted by molar-refractivity contribution is 9.11. The fraction of sp³-hybridized carbons (Fsp3) is 0.600. The molecule has 0 saturated heterocycles. The summed E-state index contributed by atoms with van der Waals surface area (Å²) in [5, 5.41) is 2.15. The molecule has 1 rings (SSSR count). The van der Waals surface area contributed by atoms with Gasteiger partial charge in [0.15, 0.2) is 0 Å². The standard InChI is InChI=1S/C10H15BrS/c1-2-3-4-5-6-9-7-8-12-10(9)11/h7-8H,2-6H2,1H3. The van der Waals surface area contributed by atoms with Gasteiger partial charge in [0.05, 0.1) is 3.79 Å². The van der Waals surface area contributed by atoms with Crippen LogP contribution in [-0.4, -0.2) is 0 Å². The van der Waals surface area contributed by atoms with Crippen molar-refractivity contribution in [1.82, 2.24) is 0 Å². The van der Waals surface area contributed by atoms with Gasteiger partial charge in [-0.05, 0) is 45.8 Å². The molecule has 1 aromatic rings. The molecule has 0 N–H and O–H groups in total. The first kappa shape index (κ1) is 10.3. The van der Waals surface area contributed by atoms with Gasteiger partial charge in [-0.2, -0.15) is 0 Å². The van der Waals surface area contributed by atoms with E-state index in [1.165, 1.54) is 41.5 Å². The second kappa shape index (κ2) is 5.76. The van der Waals surface area contributed by atoms with Crippen LogP contribution in [0.1, 0.15) is 38.2 Å². The lowest BCUT2D eigenvalue weighted by atomic mass is 10.1. The number of hydrogen-bond donors (Lipinski definition) is 0. The van der Waals surface area contributed by atoms with Crippen LogP contribution in [0.25, 0.3) is 0 Å². The topological polar surface area (TPSA) is 0 Å².